The quantitative estimate of drug-likeness (QED) is 0.525. The third-order valence-electron chi connectivity index (χ3n) is 3.41. The number of rotatable bonds is 4. The Hall–Kier alpha value is -1.98. The number of ether oxygens (including phenoxy) is 1. The summed E-state index contributed by atoms with van der Waals surface area (Å²) in [7, 11) is 1.56. The molecule has 2 aromatic carbocycles. The van der Waals surface area contributed by atoms with E-state index in [9.17, 15) is 4.79 Å². The average Bonchev–Trinajstić information content (AvgIpc) is 2.55. The minimum atomic E-state index is -0.104. The lowest BCUT2D eigenvalue weighted by Crippen LogP contribution is -2.21. The summed E-state index contributed by atoms with van der Waals surface area (Å²) in [4.78, 5) is 17.6. The summed E-state index contributed by atoms with van der Waals surface area (Å²) in [5.74, 6) is 1.39. The number of hydrogen-bond acceptors (Lipinski definition) is 4. The smallest absolute Gasteiger partial charge is 0.266 e. The van der Waals surface area contributed by atoms with E-state index in [0.29, 0.717) is 32.5 Å². The number of fused-ring (bicyclic) bond motifs is 1. The first-order valence-corrected chi connectivity index (χ1v) is 8.50. The summed E-state index contributed by atoms with van der Waals surface area (Å²) in [6.45, 7) is 2.03. The summed E-state index contributed by atoms with van der Waals surface area (Å²) in [6.07, 6.45) is 0. The highest BCUT2D eigenvalue weighted by molar-refractivity contribution is 7.99. The lowest BCUT2D eigenvalue weighted by atomic mass is 10.2. The number of methoxy groups -OCH3 is 1. The second-order valence-electron chi connectivity index (χ2n) is 4.80. The van der Waals surface area contributed by atoms with Crippen LogP contribution >= 0.6 is 23.4 Å². The molecule has 0 saturated carbocycles. The van der Waals surface area contributed by atoms with E-state index < -0.39 is 0 Å². The predicted octanol–water partition coefficient (Wildman–Crippen LogP) is 4.16. The molecule has 3 aromatic rings. The Morgan fingerprint density at radius 2 is 2.04 bits per heavy atom. The van der Waals surface area contributed by atoms with Crippen molar-refractivity contribution in [1.82, 2.24) is 9.55 Å². The van der Waals surface area contributed by atoms with Crippen LogP contribution in [0.1, 0.15) is 6.92 Å². The lowest BCUT2D eigenvalue weighted by molar-refractivity contribution is 0.415. The topological polar surface area (TPSA) is 44.1 Å². The Morgan fingerprint density at radius 1 is 1.26 bits per heavy atom. The van der Waals surface area contributed by atoms with Crippen molar-refractivity contribution in [2.24, 2.45) is 0 Å². The van der Waals surface area contributed by atoms with Crippen molar-refractivity contribution in [3.63, 3.8) is 0 Å². The first-order chi connectivity index (χ1) is 11.2. The zero-order valence-corrected chi connectivity index (χ0v) is 14.3. The van der Waals surface area contributed by atoms with Crippen molar-refractivity contribution in [2.45, 2.75) is 12.1 Å². The maximum Gasteiger partial charge on any atom is 0.266 e. The minimum Gasteiger partial charge on any atom is -0.495 e. The number of hydrogen-bond donors (Lipinski definition) is 0. The highest BCUT2D eigenvalue weighted by atomic mass is 35.5. The number of para-hydroxylation sites is 1. The SMILES string of the molecule is CCSc1nc2ccccc2c(=O)n1-c1ccc(OC)c(Cl)c1. The summed E-state index contributed by atoms with van der Waals surface area (Å²) in [6, 6.07) is 12.6. The molecule has 0 aliphatic carbocycles. The van der Waals surface area contributed by atoms with Crippen LogP contribution in [0.3, 0.4) is 0 Å². The molecule has 1 aromatic heterocycles. The van der Waals surface area contributed by atoms with Gasteiger partial charge in [-0.05, 0) is 36.1 Å². The van der Waals surface area contributed by atoms with Gasteiger partial charge in [0.2, 0.25) is 0 Å². The lowest BCUT2D eigenvalue weighted by Gasteiger charge is -2.13. The van der Waals surface area contributed by atoms with Crippen LogP contribution in [0.5, 0.6) is 5.75 Å². The van der Waals surface area contributed by atoms with Crippen LogP contribution in [0, 0.1) is 0 Å². The standard InChI is InChI=1S/C17H15ClN2O2S/c1-3-23-17-19-14-7-5-4-6-12(14)16(21)20(17)11-8-9-15(22-2)13(18)10-11/h4-10H,3H2,1-2H3. The van der Waals surface area contributed by atoms with E-state index in [2.05, 4.69) is 4.98 Å². The molecule has 118 valence electrons. The second-order valence-corrected chi connectivity index (χ2v) is 6.44. The molecule has 4 nitrogen and oxygen atoms in total. The number of halogens is 1. The summed E-state index contributed by atoms with van der Waals surface area (Å²) < 4.78 is 6.77. The largest absolute Gasteiger partial charge is 0.495 e. The number of nitrogens with zero attached hydrogens (tertiary/aromatic N) is 2. The molecule has 0 saturated heterocycles. The molecule has 0 unspecified atom stereocenters. The Balaban J connectivity index is 2.30. The van der Waals surface area contributed by atoms with Gasteiger partial charge in [0, 0.05) is 0 Å². The van der Waals surface area contributed by atoms with Gasteiger partial charge in [-0.25, -0.2) is 4.98 Å². The Morgan fingerprint density at radius 3 is 2.74 bits per heavy atom. The van der Waals surface area contributed by atoms with Gasteiger partial charge in [0.25, 0.3) is 5.56 Å². The Kier molecular flexibility index (Phi) is 4.59. The van der Waals surface area contributed by atoms with Crippen LogP contribution in [0.2, 0.25) is 5.02 Å². The summed E-state index contributed by atoms with van der Waals surface area (Å²) >= 11 is 7.73. The van der Waals surface area contributed by atoms with Gasteiger partial charge in [-0.3, -0.25) is 9.36 Å². The van der Waals surface area contributed by atoms with Crippen LogP contribution in [0.15, 0.2) is 52.4 Å². The van der Waals surface area contributed by atoms with Crippen molar-refractivity contribution in [3.8, 4) is 11.4 Å². The third-order valence-corrected chi connectivity index (χ3v) is 4.53. The van der Waals surface area contributed by atoms with Crippen LogP contribution < -0.4 is 10.3 Å². The fourth-order valence-electron chi connectivity index (χ4n) is 2.36. The molecule has 0 aliphatic rings. The molecule has 0 amide bonds. The van der Waals surface area contributed by atoms with Gasteiger partial charge in [-0.1, -0.05) is 42.4 Å². The number of benzene rings is 2. The van der Waals surface area contributed by atoms with Crippen molar-refractivity contribution in [3.05, 3.63) is 57.8 Å². The molecule has 0 bridgehead atoms. The molecule has 23 heavy (non-hydrogen) atoms. The monoisotopic (exact) mass is 346 g/mol. The van der Waals surface area contributed by atoms with Gasteiger partial charge in [-0.2, -0.15) is 0 Å². The predicted molar refractivity (Wildman–Crippen MR) is 95.3 cm³/mol. The molecule has 0 N–H and O–H groups in total. The van der Waals surface area contributed by atoms with Crippen LogP contribution in [-0.4, -0.2) is 22.4 Å². The van der Waals surface area contributed by atoms with E-state index in [-0.39, 0.29) is 5.56 Å². The van der Waals surface area contributed by atoms with E-state index >= 15 is 0 Å². The average molecular weight is 347 g/mol. The highest BCUT2D eigenvalue weighted by Gasteiger charge is 2.14. The zero-order chi connectivity index (χ0) is 16.4. The minimum absolute atomic E-state index is 0.104. The van der Waals surface area contributed by atoms with Gasteiger partial charge < -0.3 is 4.74 Å². The Bertz CT molecular complexity index is 924. The molecular formula is C17H15ClN2O2S. The van der Waals surface area contributed by atoms with Crippen LogP contribution in [0.25, 0.3) is 16.6 Å². The van der Waals surface area contributed by atoms with Crippen molar-refractivity contribution >= 4 is 34.3 Å². The second kappa shape index (κ2) is 6.64. The molecule has 0 aliphatic heterocycles. The first-order valence-electron chi connectivity index (χ1n) is 7.14. The first kappa shape index (κ1) is 15.9. The number of aromatic nitrogens is 2. The maximum atomic E-state index is 12.9. The number of thioether (sulfide) groups is 1. The fourth-order valence-corrected chi connectivity index (χ4v) is 3.35. The van der Waals surface area contributed by atoms with Crippen LogP contribution in [-0.2, 0) is 0 Å². The fraction of sp³-hybridized carbons (Fsp3) is 0.176. The van der Waals surface area contributed by atoms with Gasteiger partial charge in [0.15, 0.2) is 5.16 Å². The molecule has 3 rings (SSSR count). The van der Waals surface area contributed by atoms with E-state index in [1.54, 1.807) is 29.9 Å². The van der Waals surface area contributed by atoms with Crippen molar-refractivity contribution in [1.29, 1.82) is 0 Å². The maximum absolute atomic E-state index is 12.9. The zero-order valence-electron chi connectivity index (χ0n) is 12.7. The molecule has 0 fully saturated rings. The molecule has 0 spiro atoms. The van der Waals surface area contributed by atoms with E-state index in [1.807, 2.05) is 31.2 Å². The Labute approximate surface area is 143 Å². The van der Waals surface area contributed by atoms with Crippen LogP contribution in [0.4, 0.5) is 0 Å². The highest BCUT2D eigenvalue weighted by Crippen LogP contribution is 2.28. The molecular weight excluding hydrogens is 332 g/mol. The molecule has 0 atom stereocenters. The molecule has 6 heteroatoms. The molecule has 1 heterocycles. The molecule has 0 radical (unpaired) electrons. The summed E-state index contributed by atoms with van der Waals surface area (Å²) in [5, 5.41) is 1.69. The van der Waals surface area contributed by atoms with Gasteiger partial charge in [0.05, 0.1) is 28.7 Å². The van der Waals surface area contributed by atoms with Crippen molar-refractivity contribution in [2.75, 3.05) is 12.9 Å². The third kappa shape index (κ3) is 2.94. The van der Waals surface area contributed by atoms with E-state index in [4.69, 9.17) is 16.3 Å². The van der Waals surface area contributed by atoms with Gasteiger partial charge in [0.1, 0.15) is 5.75 Å². The normalized spacial score (nSPS) is 10.9. The summed E-state index contributed by atoms with van der Waals surface area (Å²) in [5.41, 5.74) is 1.27. The van der Waals surface area contributed by atoms with Gasteiger partial charge >= 0.3 is 0 Å². The van der Waals surface area contributed by atoms with Crippen molar-refractivity contribution < 1.29 is 4.74 Å². The van der Waals surface area contributed by atoms with E-state index in [1.165, 1.54) is 11.8 Å². The van der Waals surface area contributed by atoms with Gasteiger partial charge in [-0.15, -0.1) is 0 Å². The van der Waals surface area contributed by atoms with E-state index in [0.717, 1.165) is 5.75 Å².